The number of nitrogens with one attached hydrogen (secondary N) is 1. The number of carbonyl (C=O) groups excluding carboxylic acids is 3. The molecule has 152 valence electrons. The van der Waals surface area contributed by atoms with Crippen molar-refractivity contribution in [2.45, 2.75) is 26.7 Å². The van der Waals surface area contributed by atoms with Gasteiger partial charge in [-0.05, 0) is 48.7 Å². The predicted molar refractivity (Wildman–Crippen MR) is 115 cm³/mol. The maximum absolute atomic E-state index is 12.4. The predicted octanol–water partition coefficient (Wildman–Crippen LogP) is 3.85. The van der Waals surface area contributed by atoms with Crippen LogP contribution in [0.5, 0.6) is 0 Å². The quantitative estimate of drug-likeness (QED) is 0.666. The number of ether oxygens (including phenoxy) is 1. The number of amides is 2. The molecule has 0 saturated carbocycles. The average Bonchev–Trinajstić information content (AvgIpc) is 3.10. The van der Waals surface area contributed by atoms with Crippen LogP contribution >= 0.6 is 15.9 Å². The largest absolute Gasteiger partial charge is 0.455 e. The summed E-state index contributed by atoms with van der Waals surface area (Å²) in [5.41, 5.74) is 3.42. The summed E-state index contributed by atoms with van der Waals surface area (Å²) in [4.78, 5) is 38.5. The van der Waals surface area contributed by atoms with Crippen LogP contribution in [-0.2, 0) is 25.5 Å². The molecule has 0 spiro atoms. The van der Waals surface area contributed by atoms with E-state index in [9.17, 15) is 14.4 Å². The van der Waals surface area contributed by atoms with E-state index in [2.05, 4.69) is 21.2 Å². The summed E-state index contributed by atoms with van der Waals surface area (Å²) < 4.78 is 6.14. The molecule has 3 rings (SSSR count). The highest BCUT2D eigenvalue weighted by atomic mass is 79.9. The van der Waals surface area contributed by atoms with Gasteiger partial charge in [0.1, 0.15) is 0 Å². The monoisotopic (exact) mass is 458 g/mol. The van der Waals surface area contributed by atoms with Crippen molar-refractivity contribution < 1.29 is 19.1 Å². The maximum Gasteiger partial charge on any atom is 0.311 e. The van der Waals surface area contributed by atoms with Crippen molar-refractivity contribution in [1.29, 1.82) is 0 Å². The first-order valence-corrected chi connectivity index (χ1v) is 10.3. The lowest BCUT2D eigenvalue weighted by Gasteiger charge is -2.16. The first-order valence-electron chi connectivity index (χ1n) is 9.50. The Morgan fingerprint density at radius 2 is 1.97 bits per heavy atom. The number of para-hydroxylation sites is 1. The van der Waals surface area contributed by atoms with E-state index in [0.29, 0.717) is 0 Å². The normalized spacial score (nSPS) is 16.0. The van der Waals surface area contributed by atoms with Crippen LogP contribution in [0, 0.1) is 12.8 Å². The molecular formula is C22H23BrN2O4. The third kappa shape index (κ3) is 5.03. The van der Waals surface area contributed by atoms with Crippen molar-refractivity contribution in [2.24, 2.45) is 5.92 Å². The maximum atomic E-state index is 12.4. The van der Waals surface area contributed by atoms with Gasteiger partial charge in [-0.3, -0.25) is 14.4 Å². The Balaban J connectivity index is 1.56. The van der Waals surface area contributed by atoms with Crippen LogP contribution in [0.1, 0.15) is 24.5 Å². The van der Waals surface area contributed by atoms with E-state index >= 15 is 0 Å². The molecule has 6 nitrogen and oxygen atoms in total. The molecule has 0 aliphatic carbocycles. The number of halogens is 1. The second-order valence-electron chi connectivity index (χ2n) is 7.01. The lowest BCUT2D eigenvalue weighted by molar-refractivity contribution is -0.151. The molecule has 0 aromatic heterocycles. The second kappa shape index (κ2) is 9.22. The first kappa shape index (κ1) is 21.0. The molecular weight excluding hydrogens is 436 g/mol. The molecule has 1 aliphatic rings. The molecule has 1 atom stereocenters. The summed E-state index contributed by atoms with van der Waals surface area (Å²) in [5.74, 6) is -1.63. The number of esters is 1. The van der Waals surface area contributed by atoms with Crippen LogP contribution in [-0.4, -0.2) is 30.9 Å². The van der Waals surface area contributed by atoms with E-state index in [1.54, 1.807) is 4.90 Å². The average molecular weight is 459 g/mol. The number of hydrogen-bond donors (Lipinski definition) is 1. The molecule has 29 heavy (non-hydrogen) atoms. The molecule has 0 bridgehead atoms. The molecule has 0 unspecified atom stereocenters. The Morgan fingerprint density at radius 1 is 1.24 bits per heavy atom. The number of benzene rings is 2. The highest BCUT2D eigenvalue weighted by Crippen LogP contribution is 2.27. The van der Waals surface area contributed by atoms with E-state index in [4.69, 9.17) is 4.74 Å². The molecule has 2 amide bonds. The van der Waals surface area contributed by atoms with Gasteiger partial charge < -0.3 is 15.0 Å². The highest BCUT2D eigenvalue weighted by Gasteiger charge is 2.36. The Morgan fingerprint density at radius 3 is 2.66 bits per heavy atom. The van der Waals surface area contributed by atoms with Crippen LogP contribution in [0.2, 0.25) is 0 Å². The molecule has 1 heterocycles. The molecule has 0 radical (unpaired) electrons. The van der Waals surface area contributed by atoms with Crippen LogP contribution in [0.4, 0.5) is 11.4 Å². The number of rotatable bonds is 6. The van der Waals surface area contributed by atoms with E-state index in [1.807, 2.05) is 56.3 Å². The molecule has 1 saturated heterocycles. The van der Waals surface area contributed by atoms with Gasteiger partial charge in [0.15, 0.2) is 6.61 Å². The standard InChI is InChI=1S/C22H23BrN2O4/c1-3-15-10-17(23)9-14(2)21(15)24-19(26)13-29-22(28)16-11-20(27)25(12-16)18-7-5-4-6-8-18/h4-10,16H,3,11-13H2,1-2H3,(H,24,26)/t16-/m0/s1. The Bertz CT molecular complexity index is 930. The zero-order valence-electron chi connectivity index (χ0n) is 16.4. The zero-order chi connectivity index (χ0) is 21.0. The minimum atomic E-state index is -0.573. The van der Waals surface area contributed by atoms with Crippen LogP contribution in [0.25, 0.3) is 0 Å². The summed E-state index contributed by atoms with van der Waals surface area (Å²) in [6.45, 7) is 3.79. The van der Waals surface area contributed by atoms with Crippen molar-refractivity contribution in [2.75, 3.05) is 23.4 Å². The summed E-state index contributed by atoms with van der Waals surface area (Å²) in [5, 5.41) is 2.83. The van der Waals surface area contributed by atoms with E-state index < -0.39 is 17.8 Å². The van der Waals surface area contributed by atoms with Gasteiger partial charge in [-0.25, -0.2) is 0 Å². The van der Waals surface area contributed by atoms with Gasteiger partial charge in [-0.2, -0.15) is 0 Å². The Kier molecular flexibility index (Phi) is 6.69. The number of carbonyl (C=O) groups is 3. The van der Waals surface area contributed by atoms with Gasteiger partial charge in [-0.1, -0.05) is 41.1 Å². The van der Waals surface area contributed by atoms with Gasteiger partial charge >= 0.3 is 5.97 Å². The summed E-state index contributed by atoms with van der Waals surface area (Å²) in [6.07, 6.45) is 0.844. The van der Waals surface area contributed by atoms with Crippen molar-refractivity contribution in [3.05, 3.63) is 58.1 Å². The lowest BCUT2D eigenvalue weighted by Crippen LogP contribution is -2.28. The fourth-order valence-electron chi connectivity index (χ4n) is 3.42. The highest BCUT2D eigenvalue weighted by molar-refractivity contribution is 9.10. The number of anilines is 2. The smallest absolute Gasteiger partial charge is 0.311 e. The van der Waals surface area contributed by atoms with Crippen molar-refractivity contribution in [1.82, 2.24) is 0 Å². The second-order valence-corrected chi connectivity index (χ2v) is 7.92. The molecule has 1 fully saturated rings. The topological polar surface area (TPSA) is 75.7 Å². The van der Waals surface area contributed by atoms with Gasteiger partial charge in [0, 0.05) is 28.8 Å². The Labute approximate surface area is 178 Å². The van der Waals surface area contributed by atoms with Crippen molar-refractivity contribution >= 4 is 45.1 Å². The third-order valence-electron chi connectivity index (χ3n) is 4.90. The van der Waals surface area contributed by atoms with Gasteiger partial charge in [0.2, 0.25) is 5.91 Å². The van der Waals surface area contributed by atoms with Gasteiger partial charge in [0.25, 0.3) is 5.91 Å². The SMILES string of the molecule is CCc1cc(Br)cc(C)c1NC(=O)COC(=O)[C@H]1CC(=O)N(c2ccccc2)C1. The van der Waals surface area contributed by atoms with Crippen LogP contribution in [0.3, 0.4) is 0 Å². The molecule has 1 N–H and O–H groups in total. The molecule has 2 aromatic carbocycles. The van der Waals surface area contributed by atoms with Crippen LogP contribution < -0.4 is 10.2 Å². The Hall–Kier alpha value is -2.67. The summed E-state index contributed by atoms with van der Waals surface area (Å²) in [6, 6.07) is 13.1. The zero-order valence-corrected chi connectivity index (χ0v) is 18.0. The van der Waals surface area contributed by atoms with E-state index in [-0.39, 0.29) is 25.5 Å². The number of aryl methyl sites for hydroxylation is 2. The lowest BCUT2D eigenvalue weighted by atomic mass is 10.1. The van der Waals surface area contributed by atoms with Gasteiger partial charge in [-0.15, -0.1) is 0 Å². The molecule has 2 aromatic rings. The number of hydrogen-bond acceptors (Lipinski definition) is 4. The molecule has 7 heteroatoms. The minimum Gasteiger partial charge on any atom is -0.455 e. The van der Waals surface area contributed by atoms with Gasteiger partial charge in [0.05, 0.1) is 5.92 Å². The minimum absolute atomic E-state index is 0.0845. The third-order valence-corrected chi connectivity index (χ3v) is 5.36. The van der Waals surface area contributed by atoms with Crippen LogP contribution in [0.15, 0.2) is 46.9 Å². The fourth-order valence-corrected chi connectivity index (χ4v) is 4.04. The fraction of sp³-hybridized carbons (Fsp3) is 0.318. The van der Waals surface area contributed by atoms with E-state index in [1.165, 1.54) is 0 Å². The summed E-state index contributed by atoms with van der Waals surface area (Å²) >= 11 is 3.45. The van der Waals surface area contributed by atoms with Crippen molar-refractivity contribution in [3.63, 3.8) is 0 Å². The van der Waals surface area contributed by atoms with Crippen molar-refractivity contribution in [3.8, 4) is 0 Å². The molecule has 1 aliphatic heterocycles. The summed E-state index contributed by atoms with van der Waals surface area (Å²) in [7, 11) is 0. The number of nitrogens with zero attached hydrogens (tertiary/aromatic N) is 1. The van der Waals surface area contributed by atoms with E-state index in [0.717, 1.165) is 33.4 Å². The first-order chi connectivity index (χ1) is 13.9.